The lowest BCUT2D eigenvalue weighted by atomic mass is 9.94. The molecule has 1 aliphatic heterocycles. The first-order chi connectivity index (χ1) is 16.0. The maximum Gasteiger partial charge on any atom is 0.258 e. The molecule has 1 aromatic heterocycles. The van der Waals surface area contributed by atoms with E-state index < -0.39 is 0 Å². The van der Waals surface area contributed by atoms with Gasteiger partial charge in [-0.15, -0.1) is 0 Å². The van der Waals surface area contributed by atoms with Crippen LogP contribution < -0.4 is 5.32 Å². The third-order valence-corrected chi connectivity index (χ3v) is 6.35. The maximum absolute atomic E-state index is 5.81. The molecule has 1 unspecified atom stereocenters. The third kappa shape index (κ3) is 4.99. The highest BCUT2D eigenvalue weighted by Gasteiger charge is 2.33. The fourth-order valence-corrected chi connectivity index (χ4v) is 4.39. The third-order valence-electron chi connectivity index (χ3n) is 6.01. The Morgan fingerprint density at radius 2 is 1.82 bits per heavy atom. The number of rotatable bonds is 8. The van der Waals surface area contributed by atoms with E-state index in [4.69, 9.17) is 26.5 Å². The molecule has 0 radical (unpaired) electrons. The Bertz CT molecular complexity index is 1140. The largest absolute Gasteiger partial charge is 0.385 e. The molecule has 1 aliphatic rings. The normalized spacial score (nSPS) is 16.3. The molecule has 0 saturated heterocycles. The summed E-state index contributed by atoms with van der Waals surface area (Å²) >= 11 is 5.75. The van der Waals surface area contributed by atoms with Crippen LogP contribution in [0.5, 0.6) is 0 Å². The number of benzene rings is 2. The van der Waals surface area contributed by atoms with Crippen molar-refractivity contribution < 1.29 is 9.26 Å². The lowest BCUT2D eigenvalue weighted by molar-refractivity contribution is 0.188. The SMILES string of the molecule is CCc1ccc(C2NC(=S)N(CCCOC)C(C)=C2c2nc(-c3ccc(C)cc3)no2)cc1. The molecule has 4 rings (SSSR count). The number of nitrogens with zero attached hydrogens (tertiary/aromatic N) is 3. The van der Waals surface area contributed by atoms with Gasteiger partial charge in [-0.05, 0) is 50.0 Å². The standard InChI is InChI=1S/C26H30N4O2S/c1-5-19-9-13-20(14-10-19)23-22(18(3)30(26(33)27-23)15-6-16-31-4)25-28-24(29-32-25)21-11-7-17(2)8-12-21/h7-14,23H,5-6,15-16H2,1-4H3,(H,27,33). The summed E-state index contributed by atoms with van der Waals surface area (Å²) in [5, 5.41) is 8.48. The maximum atomic E-state index is 5.81. The van der Waals surface area contributed by atoms with Gasteiger partial charge in [0.1, 0.15) is 0 Å². The summed E-state index contributed by atoms with van der Waals surface area (Å²) in [5.74, 6) is 1.07. The van der Waals surface area contributed by atoms with Gasteiger partial charge >= 0.3 is 0 Å². The van der Waals surface area contributed by atoms with Crippen LogP contribution in [-0.2, 0) is 11.2 Å². The predicted octanol–water partition coefficient (Wildman–Crippen LogP) is 5.31. The Hall–Kier alpha value is -3.03. The summed E-state index contributed by atoms with van der Waals surface area (Å²) in [4.78, 5) is 6.87. The molecule has 6 nitrogen and oxygen atoms in total. The number of allylic oxidation sites excluding steroid dienone is 1. The van der Waals surface area contributed by atoms with E-state index in [-0.39, 0.29) is 6.04 Å². The molecule has 0 fully saturated rings. The molecule has 2 heterocycles. The molecular formula is C26H30N4O2S. The van der Waals surface area contributed by atoms with Crippen LogP contribution in [0.1, 0.15) is 48.9 Å². The molecule has 33 heavy (non-hydrogen) atoms. The summed E-state index contributed by atoms with van der Waals surface area (Å²) in [6.45, 7) is 7.69. The van der Waals surface area contributed by atoms with Gasteiger partial charge in [0.15, 0.2) is 5.11 Å². The van der Waals surface area contributed by atoms with Gasteiger partial charge in [0.25, 0.3) is 5.89 Å². The van der Waals surface area contributed by atoms with Crippen molar-refractivity contribution in [1.29, 1.82) is 0 Å². The van der Waals surface area contributed by atoms with E-state index in [0.29, 0.717) is 23.4 Å². The highest BCUT2D eigenvalue weighted by Crippen LogP contribution is 2.37. The lowest BCUT2D eigenvalue weighted by Crippen LogP contribution is -2.46. The van der Waals surface area contributed by atoms with Crippen molar-refractivity contribution in [3.63, 3.8) is 0 Å². The van der Waals surface area contributed by atoms with Gasteiger partial charge in [-0.2, -0.15) is 4.98 Å². The second kappa shape index (κ2) is 10.3. The predicted molar refractivity (Wildman–Crippen MR) is 135 cm³/mol. The smallest absolute Gasteiger partial charge is 0.258 e. The number of hydrogen-bond donors (Lipinski definition) is 1. The van der Waals surface area contributed by atoms with Gasteiger partial charge in [0.2, 0.25) is 5.82 Å². The van der Waals surface area contributed by atoms with Crippen molar-refractivity contribution in [2.45, 2.75) is 39.7 Å². The molecule has 3 aromatic rings. The fraction of sp³-hybridized carbons (Fsp3) is 0.346. The van der Waals surface area contributed by atoms with E-state index in [1.807, 2.05) is 24.3 Å². The first-order valence-corrected chi connectivity index (χ1v) is 11.7. The minimum atomic E-state index is -0.173. The molecular weight excluding hydrogens is 432 g/mol. The van der Waals surface area contributed by atoms with E-state index in [2.05, 4.69) is 60.4 Å². The molecule has 0 amide bonds. The van der Waals surface area contributed by atoms with Crippen molar-refractivity contribution >= 4 is 22.9 Å². The zero-order chi connectivity index (χ0) is 23.4. The minimum Gasteiger partial charge on any atom is -0.385 e. The summed E-state index contributed by atoms with van der Waals surface area (Å²) in [7, 11) is 1.71. The molecule has 1 N–H and O–H groups in total. The molecule has 1 atom stereocenters. The second-order valence-corrected chi connectivity index (χ2v) is 8.65. The van der Waals surface area contributed by atoms with Crippen molar-refractivity contribution in [2.75, 3.05) is 20.3 Å². The Morgan fingerprint density at radius 3 is 2.48 bits per heavy atom. The zero-order valence-corrected chi connectivity index (χ0v) is 20.4. The van der Waals surface area contributed by atoms with Crippen LogP contribution in [-0.4, -0.2) is 40.4 Å². The van der Waals surface area contributed by atoms with Gasteiger partial charge in [0, 0.05) is 31.5 Å². The van der Waals surface area contributed by atoms with Gasteiger partial charge in [-0.1, -0.05) is 66.2 Å². The Balaban J connectivity index is 1.75. The van der Waals surface area contributed by atoms with Gasteiger partial charge in [-0.3, -0.25) is 0 Å². The van der Waals surface area contributed by atoms with Crippen LogP contribution in [0.25, 0.3) is 17.0 Å². The summed E-state index contributed by atoms with van der Waals surface area (Å²) < 4.78 is 11.1. The van der Waals surface area contributed by atoms with E-state index in [1.165, 1.54) is 11.1 Å². The highest BCUT2D eigenvalue weighted by molar-refractivity contribution is 7.80. The number of aromatic nitrogens is 2. The van der Waals surface area contributed by atoms with Gasteiger partial charge < -0.3 is 19.5 Å². The van der Waals surface area contributed by atoms with Crippen LogP contribution in [0, 0.1) is 6.92 Å². The van der Waals surface area contributed by atoms with E-state index in [1.54, 1.807) is 7.11 Å². The molecule has 7 heteroatoms. The minimum absolute atomic E-state index is 0.173. The monoisotopic (exact) mass is 462 g/mol. The first kappa shape index (κ1) is 23.1. The second-order valence-electron chi connectivity index (χ2n) is 8.26. The van der Waals surface area contributed by atoms with Crippen LogP contribution in [0.2, 0.25) is 0 Å². The molecule has 0 bridgehead atoms. The number of ether oxygens (including phenoxy) is 1. The molecule has 172 valence electrons. The summed E-state index contributed by atoms with van der Waals surface area (Å²) in [5.41, 5.74) is 6.47. The Kier molecular flexibility index (Phi) is 7.20. The van der Waals surface area contributed by atoms with Crippen LogP contribution in [0.4, 0.5) is 0 Å². The lowest BCUT2D eigenvalue weighted by Gasteiger charge is -2.37. The van der Waals surface area contributed by atoms with Crippen LogP contribution in [0.3, 0.4) is 0 Å². The van der Waals surface area contributed by atoms with Crippen LogP contribution >= 0.6 is 12.2 Å². The number of thiocarbonyl (C=S) groups is 1. The number of aryl methyl sites for hydroxylation is 2. The molecule has 0 aliphatic carbocycles. The summed E-state index contributed by atoms with van der Waals surface area (Å²) in [6.07, 6.45) is 1.85. The topological polar surface area (TPSA) is 63.4 Å². The number of methoxy groups -OCH3 is 1. The zero-order valence-electron chi connectivity index (χ0n) is 19.6. The molecule has 2 aromatic carbocycles. The quantitative estimate of drug-likeness (QED) is 0.360. The van der Waals surface area contributed by atoms with Gasteiger partial charge in [0.05, 0.1) is 11.6 Å². The van der Waals surface area contributed by atoms with Crippen molar-refractivity contribution in [2.24, 2.45) is 0 Å². The number of hydrogen-bond acceptors (Lipinski definition) is 5. The van der Waals surface area contributed by atoms with Crippen molar-refractivity contribution in [3.8, 4) is 11.4 Å². The first-order valence-electron chi connectivity index (χ1n) is 11.3. The van der Waals surface area contributed by atoms with Crippen molar-refractivity contribution in [3.05, 3.63) is 76.8 Å². The molecule has 0 saturated carbocycles. The summed E-state index contributed by atoms with van der Waals surface area (Å²) in [6, 6.07) is 16.5. The average Bonchev–Trinajstić information content (AvgIpc) is 3.31. The van der Waals surface area contributed by atoms with E-state index >= 15 is 0 Å². The molecule has 0 spiro atoms. The Labute approximate surface area is 200 Å². The van der Waals surface area contributed by atoms with E-state index in [9.17, 15) is 0 Å². The highest BCUT2D eigenvalue weighted by atomic mass is 32.1. The van der Waals surface area contributed by atoms with Crippen LogP contribution in [0.15, 0.2) is 58.8 Å². The van der Waals surface area contributed by atoms with Gasteiger partial charge in [-0.25, -0.2) is 0 Å². The van der Waals surface area contributed by atoms with Crippen molar-refractivity contribution in [1.82, 2.24) is 20.4 Å². The average molecular weight is 463 g/mol. The van der Waals surface area contributed by atoms with E-state index in [0.717, 1.165) is 41.8 Å². The Morgan fingerprint density at radius 1 is 1.09 bits per heavy atom. The fourth-order valence-electron chi connectivity index (χ4n) is 4.04. The number of nitrogens with one attached hydrogen (secondary N) is 1.